The Kier molecular flexibility index (Phi) is 17.1. The van der Waals surface area contributed by atoms with Crippen molar-refractivity contribution in [2.24, 2.45) is 0 Å². The molecule has 28 heavy (non-hydrogen) atoms. The van der Waals surface area contributed by atoms with Crippen molar-refractivity contribution in [1.82, 2.24) is 21.3 Å². The lowest BCUT2D eigenvalue weighted by atomic mass is 10.1. The van der Waals surface area contributed by atoms with E-state index in [0.717, 1.165) is 25.8 Å². The largest absolute Gasteiger partial charge is 0.377 e. The summed E-state index contributed by atoms with van der Waals surface area (Å²) in [6, 6.07) is 0.585. The Hall–Kier alpha value is -1.22. The molecule has 0 heterocycles. The highest BCUT2D eigenvalue weighted by Crippen LogP contribution is 2.03. The van der Waals surface area contributed by atoms with Crippen molar-refractivity contribution in [1.29, 1.82) is 0 Å². The van der Waals surface area contributed by atoms with Crippen LogP contribution in [0.15, 0.2) is 0 Å². The second-order valence-corrected chi connectivity index (χ2v) is 7.48. The number of amides is 2. The van der Waals surface area contributed by atoms with Crippen LogP contribution < -0.4 is 21.3 Å². The number of nitrogens with one attached hydrogen (secondary N) is 4. The molecule has 8 nitrogen and oxygen atoms in total. The van der Waals surface area contributed by atoms with Crippen LogP contribution in [0.5, 0.6) is 0 Å². The average Bonchev–Trinajstić information content (AvgIpc) is 2.61. The number of hydrogen-bond acceptors (Lipinski definition) is 6. The molecule has 4 N–H and O–H groups in total. The van der Waals surface area contributed by atoms with E-state index >= 15 is 0 Å². The van der Waals surface area contributed by atoms with E-state index in [0.29, 0.717) is 45.6 Å². The smallest absolute Gasteiger partial charge is 0.237 e. The molecule has 0 spiro atoms. The van der Waals surface area contributed by atoms with Crippen LogP contribution in [0.2, 0.25) is 0 Å². The average molecular weight is 403 g/mol. The summed E-state index contributed by atoms with van der Waals surface area (Å²) in [6.07, 6.45) is 2.89. The molecule has 0 aliphatic heterocycles. The maximum atomic E-state index is 12.4. The zero-order valence-corrected chi connectivity index (χ0v) is 18.4. The van der Waals surface area contributed by atoms with Crippen molar-refractivity contribution in [2.45, 2.75) is 72.0 Å². The van der Waals surface area contributed by atoms with E-state index in [9.17, 15) is 9.59 Å². The highest BCUT2D eigenvalue weighted by molar-refractivity contribution is 5.81. The van der Waals surface area contributed by atoms with Crippen LogP contribution in [0.3, 0.4) is 0 Å². The van der Waals surface area contributed by atoms with Crippen LogP contribution in [-0.4, -0.2) is 76.0 Å². The molecule has 8 heteroatoms. The van der Waals surface area contributed by atoms with Crippen LogP contribution >= 0.6 is 0 Å². The van der Waals surface area contributed by atoms with E-state index in [1.807, 2.05) is 0 Å². The van der Waals surface area contributed by atoms with Gasteiger partial charge in [-0.25, -0.2) is 0 Å². The molecule has 0 aliphatic rings. The fourth-order valence-electron chi connectivity index (χ4n) is 2.55. The monoisotopic (exact) mass is 402 g/mol. The minimum absolute atomic E-state index is 0.0284. The second kappa shape index (κ2) is 17.8. The normalized spacial score (nSPS) is 12.4. The quantitative estimate of drug-likeness (QED) is 0.253. The van der Waals surface area contributed by atoms with Gasteiger partial charge in [0.25, 0.3) is 0 Å². The third-order valence-corrected chi connectivity index (χ3v) is 3.86. The predicted octanol–water partition coefficient (Wildman–Crippen LogP) is 0.807. The van der Waals surface area contributed by atoms with Gasteiger partial charge in [0.05, 0.1) is 32.5 Å². The number of ether oxygens (including phenoxy) is 2. The van der Waals surface area contributed by atoms with Gasteiger partial charge in [-0.05, 0) is 19.4 Å². The molecule has 0 saturated heterocycles. The Bertz CT molecular complexity index is 406. The van der Waals surface area contributed by atoms with E-state index in [1.165, 1.54) is 6.92 Å². The predicted molar refractivity (Wildman–Crippen MR) is 112 cm³/mol. The van der Waals surface area contributed by atoms with Gasteiger partial charge in [0, 0.05) is 32.1 Å². The van der Waals surface area contributed by atoms with E-state index in [4.69, 9.17) is 9.47 Å². The molecule has 0 fully saturated rings. The van der Waals surface area contributed by atoms with Gasteiger partial charge < -0.3 is 30.7 Å². The van der Waals surface area contributed by atoms with Crippen LogP contribution in [0, 0.1) is 0 Å². The summed E-state index contributed by atoms with van der Waals surface area (Å²) in [4.78, 5) is 23.1. The highest BCUT2D eigenvalue weighted by atomic mass is 16.5. The van der Waals surface area contributed by atoms with Crippen molar-refractivity contribution in [3.63, 3.8) is 0 Å². The van der Waals surface area contributed by atoms with Gasteiger partial charge in [0.2, 0.25) is 11.8 Å². The molecule has 2 amide bonds. The van der Waals surface area contributed by atoms with Crippen molar-refractivity contribution in [2.75, 3.05) is 46.1 Å². The van der Waals surface area contributed by atoms with Gasteiger partial charge in [-0.1, -0.05) is 34.1 Å². The third-order valence-electron chi connectivity index (χ3n) is 3.86. The Morgan fingerprint density at radius 3 is 1.93 bits per heavy atom. The Labute approximate surface area is 170 Å². The molecule has 0 aromatic heterocycles. The fraction of sp³-hybridized carbons (Fsp3) is 0.900. The third kappa shape index (κ3) is 18.2. The van der Waals surface area contributed by atoms with Gasteiger partial charge >= 0.3 is 0 Å². The van der Waals surface area contributed by atoms with Crippen LogP contribution in [-0.2, 0) is 19.1 Å². The molecule has 0 aliphatic carbocycles. The van der Waals surface area contributed by atoms with Crippen LogP contribution in [0.4, 0.5) is 0 Å². The first-order chi connectivity index (χ1) is 13.3. The fourth-order valence-corrected chi connectivity index (χ4v) is 2.55. The van der Waals surface area contributed by atoms with Gasteiger partial charge in [-0.2, -0.15) is 0 Å². The van der Waals surface area contributed by atoms with E-state index in [-0.39, 0.29) is 23.9 Å². The Morgan fingerprint density at radius 1 is 0.786 bits per heavy atom. The first-order valence-corrected chi connectivity index (χ1v) is 10.5. The zero-order chi connectivity index (χ0) is 21.2. The Balaban J connectivity index is 3.79. The first kappa shape index (κ1) is 26.8. The topological polar surface area (TPSA) is 101 Å². The maximum absolute atomic E-state index is 12.4. The molecule has 0 radical (unpaired) electrons. The van der Waals surface area contributed by atoms with Crippen molar-refractivity contribution < 1.29 is 19.1 Å². The molecule has 166 valence electrons. The molecule has 0 aromatic carbocycles. The van der Waals surface area contributed by atoms with Crippen LogP contribution in [0.25, 0.3) is 0 Å². The number of carbonyl (C=O) groups excluding carboxylic acids is 2. The SMILES string of the molecule is CC(=O)NCCOCCOCCNC(=O)C(CCCCNC(C)C)NC(C)C. The number of hydrogen-bond donors (Lipinski definition) is 4. The standard InChI is InChI=1S/C20H42N4O4/c1-16(2)21-9-7-6-8-19(24-17(3)4)20(26)23-11-13-28-15-14-27-12-10-22-18(5)25/h16-17,19,21,24H,6-15H2,1-5H3,(H,22,25)(H,23,26). The van der Waals surface area contributed by atoms with Crippen molar-refractivity contribution in [3.8, 4) is 0 Å². The molecule has 0 bridgehead atoms. The lowest BCUT2D eigenvalue weighted by molar-refractivity contribution is -0.124. The summed E-state index contributed by atoms with van der Waals surface area (Å²) in [7, 11) is 0. The number of carbonyl (C=O) groups is 2. The van der Waals surface area contributed by atoms with E-state index in [1.54, 1.807) is 0 Å². The first-order valence-electron chi connectivity index (χ1n) is 10.5. The van der Waals surface area contributed by atoms with Crippen molar-refractivity contribution >= 4 is 11.8 Å². The van der Waals surface area contributed by atoms with Gasteiger partial charge in [-0.3, -0.25) is 9.59 Å². The lowest BCUT2D eigenvalue weighted by Crippen LogP contribution is -2.47. The molecule has 1 atom stereocenters. The molecule has 0 aromatic rings. The van der Waals surface area contributed by atoms with Gasteiger partial charge in [0.15, 0.2) is 0 Å². The summed E-state index contributed by atoms with van der Waals surface area (Å²) in [5.41, 5.74) is 0. The summed E-state index contributed by atoms with van der Waals surface area (Å²) in [5, 5.41) is 12.3. The number of rotatable bonds is 18. The summed E-state index contributed by atoms with van der Waals surface area (Å²) in [5.74, 6) is -0.0336. The van der Waals surface area contributed by atoms with Crippen molar-refractivity contribution in [3.05, 3.63) is 0 Å². The number of unbranched alkanes of at least 4 members (excludes halogenated alkanes) is 1. The molecular formula is C20H42N4O4. The molecule has 0 saturated carbocycles. The highest BCUT2D eigenvalue weighted by Gasteiger charge is 2.18. The Morgan fingerprint density at radius 2 is 1.39 bits per heavy atom. The molecule has 0 rings (SSSR count). The maximum Gasteiger partial charge on any atom is 0.237 e. The zero-order valence-electron chi connectivity index (χ0n) is 18.4. The lowest BCUT2D eigenvalue weighted by Gasteiger charge is -2.21. The van der Waals surface area contributed by atoms with E-state index in [2.05, 4.69) is 49.0 Å². The van der Waals surface area contributed by atoms with Crippen LogP contribution in [0.1, 0.15) is 53.9 Å². The minimum Gasteiger partial charge on any atom is -0.377 e. The molecule has 1 unspecified atom stereocenters. The molecular weight excluding hydrogens is 360 g/mol. The van der Waals surface area contributed by atoms with Gasteiger partial charge in [0.1, 0.15) is 0 Å². The van der Waals surface area contributed by atoms with Gasteiger partial charge in [-0.15, -0.1) is 0 Å². The minimum atomic E-state index is -0.170. The summed E-state index contributed by atoms with van der Waals surface area (Å²) >= 11 is 0. The van der Waals surface area contributed by atoms with E-state index < -0.39 is 0 Å². The second-order valence-electron chi connectivity index (χ2n) is 7.48. The summed E-state index contributed by atoms with van der Waals surface area (Å²) in [6.45, 7) is 13.7. The summed E-state index contributed by atoms with van der Waals surface area (Å²) < 4.78 is 10.8.